The second kappa shape index (κ2) is 3.55. The molecule has 0 spiro atoms. The maximum Gasteiger partial charge on any atom is 0.0927 e. The lowest BCUT2D eigenvalue weighted by molar-refractivity contribution is 0.754. The Labute approximate surface area is 84.1 Å². The molecule has 1 aromatic carbocycles. The van der Waals surface area contributed by atoms with Gasteiger partial charge in [0.15, 0.2) is 0 Å². The van der Waals surface area contributed by atoms with Crippen molar-refractivity contribution in [3.63, 3.8) is 0 Å². The number of rotatable bonds is 1. The van der Waals surface area contributed by atoms with Gasteiger partial charge in [0.1, 0.15) is 0 Å². The van der Waals surface area contributed by atoms with E-state index >= 15 is 0 Å². The van der Waals surface area contributed by atoms with Gasteiger partial charge in [0.2, 0.25) is 0 Å². The predicted molar refractivity (Wildman–Crippen MR) is 56.8 cm³/mol. The minimum Gasteiger partial charge on any atom is -0.344 e. The molecule has 2 heteroatoms. The Morgan fingerprint density at radius 3 is 3.07 bits per heavy atom. The Balaban J connectivity index is 2.35. The van der Waals surface area contributed by atoms with E-state index in [1.54, 1.807) is 0 Å². The fourth-order valence-electron chi connectivity index (χ4n) is 1.93. The van der Waals surface area contributed by atoms with Gasteiger partial charge in [-0.2, -0.15) is 5.26 Å². The number of nitriles is 1. The highest BCUT2D eigenvalue weighted by Crippen LogP contribution is 2.31. The van der Waals surface area contributed by atoms with Gasteiger partial charge < -0.3 is 4.90 Å². The molecule has 2 nitrogen and oxygen atoms in total. The summed E-state index contributed by atoms with van der Waals surface area (Å²) >= 11 is 0. The van der Waals surface area contributed by atoms with E-state index in [4.69, 9.17) is 5.26 Å². The van der Waals surface area contributed by atoms with Crippen LogP contribution in [0.15, 0.2) is 36.5 Å². The van der Waals surface area contributed by atoms with E-state index in [1.807, 2.05) is 18.3 Å². The van der Waals surface area contributed by atoms with Crippen LogP contribution in [0.1, 0.15) is 12.5 Å². The van der Waals surface area contributed by atoms with Gasteiger partial charge in [0.05, 0.1) is 6.07 Å². The molecule has 0 fully saturated rings. The third-order valence-corrected chi connectivity index (χ3v) is 2.57. The molecule has 1 heterocycles. The highest BCUT2D eigenvalue weighted by molar-refractivity contribution is 5.61. The van der Waals surface area contributed by atoms with Crippen molar-refractivity contribution < 1.29 is 0 Å². The van der Waals surface area contributed by atoms with Crippen LogP contribution < -0.4 is 4.90 Å². The molecule has 0 radical (unpaired) electrons. The van der Waals surface area contributed by atoms with Gasteiger partial charge in [-0.3, -0.25) is 0 Å². The van der Waals surface area contributed by atoms with Crippen molar-refractivity contribution in [3.8, 4) is 6.07 Å². The van der Waals surface area contributed by atoms with Gasteiger partial charge in [-0.25, -0.2) is 0 Å². The van der Waals surface area contributed by atoms with Crippen LogP contribution in [0.4, 0.5) is 5.69 Å². The summed E-state index contributed by atoms with van der Waals surface area (Å²) in [5, 5.41) is 8.50. The average Bonchev–Trinajstić information content (AvgIpc) is 2.51. The van der Waals surface area contributed by atoms with Crippen molar-refractivity contribution >= 4 is 5.69 Å². The molecule has 0 bridgehead atoms. The first-order valence-electron chi connectivity index (χ1n) is 4.75. The lowest BCUT2D eigenvalue weighted by Crippen LogP contribution is -2.22. The lowest BCUT2D eigenvalue weighted by Gasteiger charge is -2.19. The average molecular weight is 184 g/mol. The van der Waals surface area contributed by atoms with Gasteiger partial charge in [-0.1, -0.05) is 18.2 Å². The number of benzene rings is 1. The normalized spacial score (nSPS) is 19.7. The quantitative estimate of drug-likeness (QED) is 0.627. The summed E-state index contributed by atoms with van der Waals surface area (Å²) in [7, 11) is 0. The van der Waals surface area contributed by atoms with Crippen molar-refractivity contribution in [1.29, 1.82) is 5.26 Å². The van der Waals surface area contributed by atoms with E-state index in [1.165, 1.54) is 17.3 Å². The SMILES string of the molecule is CC1Cc2ccccc2N1C=CC#N. The maximum atomic E-state index is 8.50. The molecule has 2 rings (SSSR count). The monoisotopic (exact) mass is 184 g/mol. The molecule has 0 N–H and O–H groups in total. The Morgan fingerprint density at radius 2 is 2.29 bits per heavy atom. The molecule has 1 atom stereocenters. The van der Waals surface area contributed by atoms with Crippen LogP contribution >= 0.6 is 0 Å². The first-order chi connectivity index (χ1) is 6.83. The molecular formula is C12H12N2. The second-order valence-electron chi connectivity index (χ2n) is 3.53. The Bertz CT molecular complexity index is 401. The van der Waals surface area contributed by atoms with Gasteiger partial charge >= 0.3 is 0 Å². The second-order valence-corrected chi connectivity index (χ2v) is 3.53. The molecule has 0 saturated carbocycles. The minimum absolute atomic E-state index is 0.456. The zero-order chi connectivity index (χ0) is 9.97. The van der Waals surface area contributed by atoms with Gasteiger partial charge in [-0.05, 0) is 25.0 Å². The van der Waals surface area contributed by atoms with Crippen molar-refractivity contribution in [2.24, 2.45) is 0 Å². The molecule has 0 aliphatic carbocycles. The summed E-state index contributed by atoms with van der Waals surface area (Å²) < 4.78 is 0. The van der Waals surface area contributed by atoms with Crippen LogP contribution in [0.3, 0.4) is 0 Å². The van der Waals surface area contributed by atoms with Crippen LogP contribution in [0.25, 0.3) is 0 Å². The van der Waals surface area contributed by atoms with Crippen LogP contribution in [0.2, 0.25) is 0 Å². The topological polar surface area (TPSA) is 27.0 Å². The first-order valence-corrected chi connectivity index (χ1v) is 4.75. The van der Waals surface area contributed by atoms with E-state index < -0.39 is 0 Å². The lowest BCUT2D eigenvalue weighted by atomic mass is 10.1. The molecule has 1 aliphatic heterocycles. The largest absolute Gasteiger partial charge is 0.344 e. The molecule has 1 aliphatic rings. The first kappa shape index (κ1) is 8.83. The van der Waals surface area contributed by atoms with Crippen LogP contribution in [-0.2, 0) is 6.42 Å². The molecule has 0 aromatic heterocycles. The van der Waals surface area contributed by atoms with E-state index in [0.717, 1.165) is 6.42 Å². The Hall–Kier alpha value is -1.75. The highest BCUT2D eigenvalue weighted by Gasteiger charge is 2.23. The summed E-state index contributed by atoms with van der Waals surface area (Å²) in [6, 6.07) is 10.8. The Kier molecular flexibility index (Phi) is 2.24. The fourth-order valence-corrected chi connectivity index (χ4v) is 1.93. The summed E-state index contributed by atoms with van der Waals surface area (Å²) in [5.74, 6) is 0. The summed E-state index contributed by atoms with van der Waals surface area (Å²) in [6.45, 7) is 2.17. The zero-order valence-corrected chi connectivity index (χ0v) is 8.14. The number of allylic oxidation sites excluding steroid dienone is 1. The fraction of sp³-hybridized carbons (Fsp3) is 0.250. The summed E-state index contributed by atoms with van der Waals surface area (Å²) in [6.07, 6.45) is 4.45. The Morgan fingerprint density at radius 1 is 1.50 bits per heavy atom. The van der Waals surface area contributed by atoms with Crippen molar-refractivity contribution in [3.05, 3.63) is 42.1 Å². The van der Waals surface area contributed by atoms with Crippen molar-refractivity contribution in [2.75, 3.05) is 4.90 Å². The molecule has 0 saturated heterocycles. The molecular weight excluding hydrogens is 172 g/mol. The number of fused-ring (bicyclic) bond motifs is 1. The van der Waals surface area contributed by atoms with Gasteiger partial charge in [0, 0.05) is 24.0 Å². The standard InChI is InChI=1S/C12H12N2/c1-10-9-11-5-2-3-6-12(11)14(10)8-4-7-13/h2-6,8,10H,9H2,1H3. The summed E-state index contributed by atoms with van der Waals surface area (Å²) in [5.41, 5.74) is 2.59. The van der Waals surface area contributed by atoms with E-state index in [-0.39, 0.29) is 0 Å². The van der Waals surface area contributed by atoms with Crippen LogP contribution in [0.5, 0.6) is 0 Å². The van der Waals surface area contributed by atoms with Crippen LogP contribution in [0, 0.1) is 11.3 Å². The van der Waals surface area contributed by atoms with E-state index in [0.29, 0.717) is 6.04 Å². The van der Waals surface area contributed by atoms with Gasteiger partial charge in [0.25, 0.3) is 0 Å². The van der Waals surface area contributed by atoms with Gasteiger partial charge in [-0.15, -0.1) is 0 Å². The maximum absolute atomic E-state index is 8.50. The number of hydrogen-bond donors (Lipinski definition) is 0. The molecule has 70 valence electrons. The zero-order valence-electron chi connectivity index (χ0n) is 8.14. The van der Waals surface area contributed by atoms with Crippen molar-refractivity contribution in [1.82, 2.24) is 0 Å². The van der Waals surface area contributed by atoms with Crippen molar-refractivity contribution in [2.45, 2.75) is 19.4 Å². The predicted octanol–water partition coefficient (Wildman–Crippen LogP) is 2.47. The molecule has 14 heavy (non-hydrogen) atoms. The third-order valence-electron chi connectivity index (χ3n) is 2.57. The number of nitrogens with zero attached hydrogens (tertiary/aromatic N) is 2. The van der Waals surface area contributed by atoms with E-state index in [9.17, 15) is 0 Å². The van der Waals surface area contributed by atoms with E-state index in [2.05, 4.69) is 30.0 Å². The van der Waals surface area contributed by atoms with Crippen LogP contribution in [-0.4, -0.2) is 6.04 Å². The smallest absolute Gasteiger partial charge is 0.0927 e. The number of anilines is 1. The molecule has 1 aromatic rings. The minimum atomic E-state index is 0.456. The number of hydrogen-bond acceptors (Lipinski definition) is 2. The number of para-hydroxylation sites is 1. The third kappa shape index (κ3) is 1.38. The molecule has 0 amide bonds. The molecule has 1 unspecified atom stereocenters. The highest BCUT2D eigenvalue weighted by atomic mass is 15.2. The summed E-state index contributed by atoms with van der Waals surface area (Å²) in [4.78, 5) is 2.15.